The fourth-order valence-electron chi connectivity index (χ4n) is 2.87. The molecule has 1 aromatic carbocycles. The van der Waals surface area contributed by atoms with Gasteiger partial charge in [0.05, 0.1) is 11.7 Å². The Morgan fingerprint density at radius 3 is 2.71 bits per heavy atom. The number of rotatable bonds is 3. The van der Waals surface area contributed by atoms with Crippen LogP contribution in [0.1, 0.15) is 58.7 Å². The van der Waals surface area contributed by atoms with Crippen LogP contribution in [0.25, 0.3) is 0 Å². The van der Waals surface area contributed by atoms with E-state index in [1.54, 1.807) is 6.92 Å². The molecule has 1 heterocycles. The second-order valence-corrected chi connectivity index (χ2v) is 5.69. The van der Waals surface area contributed by atoms with Gasteiger partial charge in [0, 0.05) is 0 Å². The van der Waals surface area contributed by atoms with Gasteiger partial charge in [-0.15, -0.1) is 0 Å². The topological polar surface area (TPSA) is 70.7 Å². The van der Waals surface area contributed by atoms with E-state index in [9.17, 15) is 4.79 Å². The predicted molar refractivity (Wildman–Crippen MR) is 80.1 cm³/mol. The molecule has 1 amide bonds. The molecule has 0 radical (unpaired) electrons. The molecule has 1 aliphatic carbocycles. The number of aryl methyl sites for hydroxylation is 3. The minimum Gasteiger partial charge on any atom is -0.344 e. The summed E-state index contributed by atoms with van der Waals surface area (Å²) >= 11 is 0. The van der Waals surface area contributed by atoms with Crippen molar-refractivity contribution in [3.63, 3.8) is 0 Å². The lowest BCUT2D eigenvalue weighted by atomic mass is 9.89. The molecule has 5 nitrogen and oxygen atoms in total. The SMILES string of the molecule is Cc1n[nH]nc1C(=O)N[C@H](C)c1ccc2c(c1)CCCC2. The Morgan fingerprint density at radius 1 is 1.24 bits per heavy atom. The highest BCUT2D eigenvalue weighted by atomic mass is 16.2. The summed E-state index contributed by atoms with van der Waals surface area (Å²) in [6, 6.07) is 6.51. The zero-order chi connectivity index (χ0) is 14.8. The molecule has 0 aliphatic heterocycles. The van der Waals surface area contributed by atoms with Gasteiger partial charge in [-0.05, 0) is 56.2 Å². The molecule has 110 valence electrons. The van der Waals surface area contributed by atoms with Gasteiger partial charge < -0.3 is 5.32 Å². The van der Waals surface area contributed by atoms with E-state index in [1.165, 1.54) is 30.4 Å². The number of nitrogens with one attached hydrogen (secondary N) is 2. The summed E-state index contributed by atoms with van der Waals surface area (Å²) in [6.07, 6.45) is 4.86. The number of nitrogens with zero attached hydrogens (tertiary/aromatic N) is 2. The zero-order valence-electron chi connectivity index (χ0n) is 12.4. The summed E-state index contributed by atoms with van der Waals surface area (Å²) in [5.41, 5.74) is 5.00. The second kappa shape index (κ2) is 5.68. The van der Waals surface area contributed by atoms with Gasteiger partial charge in [0.25, 0.3) is 5.91 Å². The van der Waals surface area contributed by atoms with Gasteiger partial charge in [0.15, 0.2) is 5.69 Å². The smallest absolute Gasteiger partial charge is 0.274 e. The molecule has 1 atom stereocenters. The van der Waals surface area contributed by atoms with Crippen LogP contribution in [-0.2, 0) is 12.8 Å². The van der Waals surface area contributed by atoms with Crippen LogP contribution >= 0.6 is 0 Å². The number of carbonyl (C=O) groups excluding carboxylic acids is 1. The quantitative estimate of drug-likeness (QED) is 0.909. The number of benzene rings is 1. The second-order valence-electron chi connectivity index (χ2n) is 5.69. The molecule has 1 aromatic heterocycles. The number of aromatic nitrogens is 3. The summed E-state index contributed by atoms with van der Waals surface area (Å²) < 4.78 is 0. The molecule has 21 heavy (non-hydrogen) atoms. The Kier molecular flexibility index (Phi) is 3.73. The van der Waals surface area contributed by atoms with Crippen molar-refractivity contribution in [3.8, 4) is 0 Å². The van der Waals surface area contributed by atoms with E-state index in [0.29, 0.717) is 11.4 Å². The van der Waals surface area contributed by atoms with Crippen LogP contribution in [0.5, 0.6) is 0 Å². The maximum absolute atomic E-state index is 12.2. The molecule has 0 bridgehead atoms. The third-order valence-corrected chi connectivity index (χ3v) is 4.16. The van der Waals surface area contributed by atoms with E-state index < -0.39 is 0 Å². The molecule has 0 saturated heterocycles. The Bertz CT molecular complexity index is 662. The first-order chi connectivity index (χ1) is 10.1. The van der Waals surface area contributed by atoms with Gasteiger partial charge in [-0.1, -0.05) is 18.2 Å². The Balaban J connectivity index is 1.75. The van der Waals surface area contributed by atoms with E-state index in [2.05, 4.69) is 38.9 Å². The molecule has 0 fully saturated rings. The maximum atomic E-state index is 12.2. The van der Waals surface area contributed by atoms with Crippen molar-refractivity contribution in [2.24, 2.45) is 0 Å². The first kappa shape index (κ1) is 13.8. The number of aromatic amines is 1. The molecule has 0 saturated carbocycles. The number of amides is 1. The van der Waals surface area contributed by atoms with Gasteiger partial charge >= 0.3 is 0 Å². The van der Waals surface area contributed by atoms with Crippen molar-refractivity contribution in [3.05, 3.63) is 46.3 Å². The number of H-pyrrole nitrogens is 1. The third-order valence-electron chi connectivity index (χ3n) is 4.16. The lowest BCUT2D eigenvalue weighted by Crippen LogP contribution is -2.27. The Morgan fingerprint density at radius 2 is 2.00 bits per heavy atom. The highest BCUT2D eigenvalue weighted by Crippen LogP contribution is 2.24. The van der Waals surface area contributed by atoms with E-state index in [1.807, 2.05) is 6.92 Å². The maximum Gasteiger partial charge on any atom is 0.274 e. The van der Waals surface area contributed by atoms with Crippen molar-refractivity contribution in [1.29, 1.82) is 0 Å². The standard InChI is InChI=1S/C16H20N4O/c1-10(17-16(21)15-11(2)18-20-19-15)13-8-7-12-5-3-4-6-14(12)9-13/h7-10H,3-6H2,1-2H3,(H,17,21)(H,18,19,20)/t10-/m1/s1. The van der Waals surface area contributed by atoms with Gasteiger partial charge in [0.1, 0.15) is 0 Å². The van der Waals surface area contributed by atoms with Crippen molar-refractivity contribution >= 4 is 5.91 Å². The van der Waals surface area contributed by atoms with E-state index in [4.69, 9.17) is 0 Å². The minimum absolute atomic E-state index is 0.0409. The highest BCUT2D eigenvalue weighted by Gasteiger charge is 2.17. The summed E-state index contributed by atoms with van der Waals surface area (Å²) in [5, 5.41) is 13.2. The van der Waals surface area contributed by atoms with Crippen LogP contribution in [0.15, 0.2) is 18.2 Å². The normalized spacial score (nSPS) is 15.3. The Labute approximate surface area is 124 Å². The van der Waals surface area contributed by atoms with Gasteiger partial charge in [-0.3, -0.25) is 4.79 Å². The molecule has 3 rings (SSSR count). The van der Waals surface area contributed by atoms with Crippen molar-refractivity contribution < 1.29 is 4.79 Å². The monoisotopic (exact) mass is 284 g/mol. The van der Waals surface area contributed by atoms with Gasteiger partial charge in [-0.2, -0.15) is 15.4 Å². The largest absolute Gasteiger partial charge is 0.344 e. The van der Waals surface area contributed by atoms with Crippen LogP contribution < -0.4 is 5.32 Å². The van der Waals surface area contributed by atoms with Crippen LogP contribution in [0.2, 0.25) is 0 Å². The Hall–Kier alpha value is -2.17. The lowest BCUT2D eigenvalue weighted by molar-refractivity contribution is 0.0934. The van der Waals surface area contributed by atoms with Crippen LogP contribution in [0, 0.1) is 6.92 Å². The van der Waals surface area contributed by atoms with Crippen molar-refractivity contribution in [2.45, 2.75) is 45.6 Å². The summed E-state index contributed by atoms with van der Waals surface area (Å²) in [7, 11) is 0. The first-order valence-corrected chi connectivity index (χ1v) is 7.45. The molecule has 5 heteroatoms. The number of fused-ring (bicyclic) bond motifs is 1. The van der Waals surface area contributed by atoms with Crippen molar-refractivity contribution in [2.75, 3.05) is 0 Å². The fraction of sp³-hybridized carbons (Fsp3) is 0.438. The third kappa shape index (κ3) is 2.82. The van der Waals surface area contributed by atoms with Gasteiger partial charge in [-0.25, -0.2) is 0 Å². The molecule has 0 unspecified atom stereocenters. The number of carbonyl (C=O) groups is 1. The van der Waals surface area contributed by atoms with E-state index in [0.717, 1.165) is 12.0 Å². The first-order valence-electron chi connectivity index (χ1n) is 7.45. The molecule has 0 spiro atoms. The van der Waals surface area contributed by atoms with Crippen molar-refractivity contribution in [1.82, 2.24) is 20.7 Å². The van der Waals surface area contributed by atoms with Crippen LogP contribution in [-0.4, -0.2) is 21.3 Å². The molecular formula is C16H20N4O. The average Bonchev–Trinajstić information content (AvgIpc) is 2.93. The zero-order valence-corrected chi connectivity index (χ0v) is 12.4. The average molecular weight is 284 g/mol. The van der Waals surface area contributed by atoms with Crippen LogP contribution in [0.4, 0.5) is 0 Å². The predicted octanol–water partition coefficient (Wildman–Crippen LogP) is 2.48. The minimum atomic E-state index is -0.188. The lowest BCUT2D eigenvalue weighted by Gasteiger charge is -2.19. The van der Waals surface area contributed by atoms with Crippen LogP contribution in [0.3, 0.4) is 0 Å². The van der Waals surface area contributed by atoms with Gasteiger partial charge in [0.2, 0.25) is 0 Å². The number of hydrogen-bond acceptors (Lipinski definition) is 3. The molecule has 2 aromatic rings. The van der Waals surface area contributed by atoms with E-state index in [-0.39, 0.29) is 11.9 Å². The highest BCUT2D eigenvalue weighted by molar-refractivity contribution is 5.93. The molecular weight excluding hydrogens is 264 g/mol. The molecule has 1 aliphatic rings. The van der Waals surface area contributed by atoms with E-state index >= 15 is 0 Å². The summed E-state index contributed by atoms with van der Waals surface area (Å²) in [5.74, 6) is -0.188. The number of hydrogen-bond donors (Lipinski definition) is 2. The fourth-order valence-corrected chi connectivity index (χ4v) is 2.87. The summed E-state index contributed by atoms with van der Waals surface area (Å²) in [6.45, 7) is 3.76. The molecule has 2 N–H and O–H groups in total. The summed E-state index contributed by atoms with van der Waals surface area (Å²) in [4.78, 5) is 12.2.